The van der Waals surface area contributed by atoms with E-state index in [0.29, 0.717) is 29.8 Å². The number of morpholine rings is 1. The molecule has 1 fully saturated rings. The van der Waals surface area contributed by atoms with E-state index in [1.807, 2.05) is 24.3 Å². The molecule has 0 amide bonds. The minimum Gasteiger partial charge on any atom is -0.370 e. The Labute approximate surface area is 180 Å². The normalized spacial score (nSPS) is 21.1. The highest BCUT2D eigenvalue weighted by molar-refractivity contribution is 7.96. The van der Waals surface area contributed by atoms with Crippen molar-refractivity contribution in [3.8, 4) is 6.07 Å². The number of fused-ring (bicyclic) bond motifs is 1. The molecule has 1 N–H and O–H groups in total. The third-order valence-electron chi connectivity index (χ3n) is 5.21. The number of hydrogen-bond donors (Lipinski definition) is 1. The first-order chi connectivity index (χ1) is 14.4. The summed E-state index contributed by atoms with van der Waals surface area (Å²) in [6.45, 7) is 5.25. The van der Waals surface area contributed by atoms with Crippen LogP contribution in [-0.2, 0) is 14.8 Å². The summed E-state index contributed by atoms with van der Waals surface area (Å²) in [7, 11) is -3.75. The Balaban J connectivity index is 1.61. The largest absolute Gasteiger partial charge is 0.370 e. The van der Waals surface area contributed by atoms with E-state index in [1.54, 1.807) is 23.7 Å². The number of rotatable bonds is 5. The second kappa shape index (κ2) is 8.22. The van der Waals surface area contributed by atoms with Crippen LogP contribution < -0.4 is 9.62 Å². The van der Waals surface area contributed by atoms with E-state index < -0.39 is 16.1 Å². The predicted molar refractivity (Wildman–Crippen MR) is 118 cm³/mol. The van der Waals surface area contributed by atoms with Crippen molar-refractivity contribution in [3.63, 3.8) is 0 Å². The molecule has 2 aliphatic rings. The lowest BCUT2D eigenvalue weighted by Crippen LogP contribution is -2.51. The van der Waals surface area contributed by atoms with Crippen LogP contribution in [0.3, 0.4) is 0 Å². The van der Waals surface area contributed by atoms with Crippen LogP contribution in [-0.4, -0.2) is 38.7 Å². The van der Waals surface area contributed by atoms with Crippen molar-refractivity contribution in [2.45, 2.75) is 31.9 Å². The number of allylic oxidation sites excluding steroid dienone is 1. The van der Waals surface area contributed by atoms with Crippen LogP contribution in [0.15, 0.2) is 52.9 Å². The Morgan fingerprint density at radius 1 is 1.40 bits per heavy atom. The minimum atomic E-state index is -3.75. The molecule has 1 aliphatic carbocycles. The number of sulfonamides is 1. The van der Waals surface area contributed by atoms with Gasteiger partial charge in [-0.25, -0.2) is 13.4 Å². The summed E-state index contributed by atoms with van der Waals surface area (Å²) in [5.41, 5.74) is 2.56. The van der Waals surface area contributed by atoms with Gasteiger partial charge in [0.15, 0.2) is 5.13 Å². The minimum absolute atomic E-state index is 0.150. The Bertz CT molecular complexity index is 1130. The molecule has 7 nitrogen and oxygen atoms in total. The summed E-state index contributed by atoms with van der Waals surface area (Å²) in [5, 5.41) is 11.7. The Morgan fingerprint density at radius 3 is 2.93 bits per heavy atom. The summed E-state index contributed by atoms with van der Waals surface area (Å²) in [4.78, 5) is 6.24. The second-order valence-corrected chi connectivity index (χ2v) is 10.0. The molecule has 0 bridgehead atoms. The van der Waals surface area contributed by atoms with Crippen LogP contribution in [0.4, 0.5) is 10.8 Å². The molecular formula is C21H22N4O3S2. The average molecular weight is 443 g/mol. The Kier molecular flexibility index (Phi) is 5.64. The molecule has 9 heteroatoms. The zero-order chi connectivity index (χ0) is 21.3. The molecule has 4 rings (SSSR count). The lowest BCUT2D eigenvalue weighted by molar-refractivity contribution is 0.0530. The number of aromatic nitrogens is 1. The van der Waals surface area contributed by atoms with Crippen LogP contribution in [0.2, 0.25) is 0 Å². The smallest absolute Gasteiger partial charge is 0.263 e. The number of nitrogens with one attached hydrogen (secondary N) is 1. The molecular weight excluding hydrogens is 420 g/mol. The standard InChI is InChI=1S/C21H22N4O3S2/c1-14(2)15-3-5-18(16(11-15)13-22)25-8-9-28-20-12-17(4-6-19(20)25)30(26,27)24-21-23-7-10-29-21/h3-7,10-12,14,19-20H,8-9H2,1-2H3,(H,23,24). The van der Waals surface area contributed by atoms with Crippen LogP contribution in [0.25, 0.3) is 0 Å². The summed E-state index contributed by atoms with van der Waals surface area (Å²) < 4.78 is 33.8. The van der Waals surface area contributed by atoms with Gasteiger partial charge in [0.25, 0.3) is 10.0 Å². The maximum Gasteiger partial charge on any atom is 0.263 e. The lowest BCUT2D eigenvalue weighted by atomic mass is 9.97. The predicted octanol–water partition coefficient (Wildman–Crippen LogP) is 3.61. The van der Waals surface area contributed by atoms with Crippen molar-refractivity contribution < 1.29 is 13.2 Å². The highest BCUT2D eigenvalue weighted by Crippen LogP contribution is 2.33. The highest BCUT2D eigenvalue weighted by atomic mass is 32.2. The molecule has 30 heavy (non-hydrogen) atoms. The quantitative estimate of drug-likeness (QED) is 0.760. The van der Waals surface area contributed by atoms with Crippen molar-refractivity contribution in [1.29, 1.82) is 5.26 Å². The maximum atomic E-state index is 12.7. The number of hydrogen-bond acceptors (Lipinski definition) is 7. The number of benzene rings is 1. The molecule has 156 valence electrons. The van der Waals surface area contributed by atoms with E-state index in [1.165, 1.54) is 11.3 Å². The fourth-order valence-electron chi connectivity index (χ4n) is 3.64. The molecule has 2 unspecified atom stereocenters. The zero-order valence-electron chi connectivity index (χ0n) is 16.6. The molecule has 0 spiro atoms. The highest BCUT2D eigenvalue weighted by Gasteiger charge is 2.35. The lowest BCUT2D eigenvalue weighted by Gasteiger charge is -2.42. The first-order valence-electron chi connectivity index (χ1n) is 9.63. The van der Waals surface area contributed by atoms with Gasteiger partial charge in [-0.05, 0) is 35.8 Å². The van der Waals surface area contributed by atoms with Crippen molar-refractivity contribution >= 4 is 32.2 Å². The first-order valence-corrected chi connectivity index (χ1v) is 12.0. The van der Waals surface area contributed by atoms with Gasteiger partial charge >= 0.3 is 0 Å². The summed E-state index contributed by atoms with van der Waals surface area (Å²) in [6, 6.07) is 8.07. The monoisotopic (exact) mass is 442 g/mol. The maximum absolute atomic E-state index is 12.7. The van der Waals surface area contributed by atoms with Crippen LogP contribution in [0.5, 0.6) is 0 Å². The number of nitrogens with zero attached hydrogens (tertiary/aromatic N) is 3. The van der Waals surface area contributed by atoms with Crippen molar-refractivity contribution in [2.75, 3.05) is 22.8 Å². The zero-order valence-corrected chi connectivity index (χ0v) is 18.3. The molecule has 2 atom stereocenters. The fourth-order valence-corrected chi connectivity index (χ4v) is 5.51. The van der Waals surface area contributed by atoms with Gasteiger partial charge in [0.1, 0.15) is 12.2 Å². The molecule has 1 aromatic heterocycles. The molecule has 0 saturated carbocycles. The number of anilines is 2. The summed E-state index contributed by atoms with van der Waals surface area (Å²) >= 11 is 1.22. The molecule has 1 aromatic carbocycles. The molecule has 1 saturated heterocycles. The van der Waals surface area contributed by atoms with Gasteiger partial charge in [0, 0.05) is 18.1 Å². The van der Waals surface area contributed by atoms with Crippen LogP contribution in [0, 0.1) is 11.3 Å². The van der Waals surface area contributed by atoms with E-state index in [0.717, 1.165) is 11.3 Å². The van der Waals surface area contributed by atoms with E-state index in [2.05, 4.69) is 34.5 Å². The van der Waals surface area contributed by atoms with Crippen molar-refractivity contribution in [2.24, 2.45) is 0 Å². The van der Waals surface area contributed by atoms with Crippen molar-refractivity contribution in [1.82, 2.24) is 4.98 Å². The third-order valence-corrected chi connectivity index (χ3v) is 7.38. The number of thiazole rings is 1. The second-order valence-electron chi connectivity index (χ2n) is 7.43. The van der Waals surface area contributed by atoms with E-state index in [9.17, 15) is 13.7 Å². The van der Waals surface area contributed by atoms with Gasteiger partial charge in [-0.15, -0.1) is 11.3 Å². The SMILES string of the molecule is CC(C)c1ccc(N2CCOC3C=C(S(=O)(=O)Nc4nccs4)C=CC32)c(C#N)c1. The average Bonchev–Trinajstić information content (AvgIpc) is 3.24. The Morgan fingerprint density at radius 2 is 2.23 bits per heavy atom. The molecule has 1 aliphatic heterocycles. The van der Waals surface area contributed by atoms with Gasteiger partial charge in [0.05, 0.1) is 28.8 Å². The first kappa shape index (κ1) is 20.6. The summed E-state index contributed by atoms with van der Waals surface area (Å²) in [6.07, 6.45) is 6.16. The molecule has 0 radical (unpaired) electrons. The van der Waals surface area contributed by atoms with E-state index in [4.69, 9.17) is 4.74 Å². The molecule has 2 aromatic rings. The van der Waals surface area contributed by atoms with Gasteiger partial charge < -0.3 is 9.64 Å². The van der Waals surface area contributed by atoms with Crippen molar-refractivity contribution in [3.05, 3.63) is 64.0 Å². The Hall–Kier alpha value is -2.67. The van der Waals surface area contributed by atoms with Gasteiger partial charge in [0.2, 0.25) is 0 Å². The van der Waals surface area contributed by atoms with E-state index in [-0.39, 0.29) is 10.9 Å². The molecule has 2 heterocycles. The number of ether oxygens (including phenoxy) is 1. The topological polar surface area (TPSA) is 95.3 Å². The van der Waals surface area contributed by atoms with Gasteiger partial charge in [-0.1, -0.05) is 26.0 Å². The van der Waals surface area contributed by atoms with Crippen LogP contribution in [0.1, 0.15) is 30.9 Å². The van der Waals surface area contributed by atoms with Gasteiger partial charge in [-0.3, -0.25) is 4.72 Å². The number of nitriles is 1. The van der Waals surface area contributed by atoms with Crippen LogP contribution >= 0.6 is 11.3 Å². The summed E-state index contributed by atoms with van der Waals surface area (Å²) in [5.74, 6) is 0.333. The fraction of sp³-hybridized carbons (Fsp3) is 0.333. The van der Waals surface area contributed by atoms with Gasteiger partial charge in [-0.2, -0.15) is 5.26 Å². The third kappa shape index (κ3) is 3.99. The van der Waals surface area contributed by atoms with E-state index >= 15 is 0 Å².